The van der Waals surface area contributed by atoms with Gasteiger partial charge in [0.1, 0.15) is 0 Å². The van der Waals surface area contributed by atoms with Gasteiger partial charge in [-0.05, 0) is 146 Å². The first-order chi connectivity index (χ1) is 28.1. The Morgan fingerprint density at radius 1 is 0.529 bits per heavy atom. The van der Waals surface area contributed by atoms with Crippen LogP contribution in [0.3, 0.4) is 0 Å². The molecule has 9 aromatic rings. The second-order valence-electron chi connectivity index (χ2n) is 14.6. The highest BCUT2D eigenvalue weighted by Crippen LogP contribution is 2.51. The van der Waals surface area contributed by atoms with Gasteiger partial charge in [-0.25, -0.2) is 0 Å². The average Bonchev–Trinajstić information content (AvgIpc) is 3.59. The quantitative estimate of drug-likeness (QED) is 0.182. The molecule has 2 nitrogen and oxygen atoms in total. The van der Waals surface area contributed by atoms with E-state index in [0.29, 0.717) is 5.69 Å². The van der Waals surface area contributed by atoms with Crippen LogP contribution in [0.1, 0.15) is 42.9 Å². The van der Waals surface area contributed by atoms with E-state index in [-0.39, 0.29) is 51.4 Å². The van der Waals surface area contributed by atoms with Crippen LogP contribution < -0.4 is 4.90 Å². The molecule has 1 aliphatic rings. The van der Waals surface area contributed by atoms with Crippen molar-refractivity contribution in [2.75, 3.05) is 4.90 Å². The first-order valence-corrected chi connectivity index (χ1v) is 17.3. The minimum atomic E-state index is -0.455. The number of anilines is 3. The van der Waals surface area contributed by atoms with Crippen LogP contribution in [0.25, 0.3) is 71.3 Å². The Bertz CT molecular complexity index is 3230. The first kappa shape index (κ1) is 22.6. The first-order valence-electron chi connectivity index (χ1n) is 21.3. The fraction of sp³-hybridized carbons (Fsp3) is 0.102. The maximum atomic E-state index is 8.91. The molecule has 2 heteroatoms. The molecule has 1 aliphatic carbocycles. The smallest absolute Gasteiger partial charge is 0.0645 e. The number of rotatable bonds is 4. The second kappa shape index (κ2) is 10.9. The van der Waals surface area contributed by atoms with Crippen molar-refractivity contribution in [3.8, 4) is 27.9 Å². The molecule has 0 N–H and O–H groups in total. The fourth-order valence-corrected chi connectivity index (χ4v) is 7.68. The van der Waals surface area contributed by atoms with E-state index in [0.717, 1.165) is 55.3 Å². The van der Waals surface area contributed by atoms with Gasteiger partial charge in [0.25, 0.3) is 0 Å². The predicted octanol–water partition coefficient (Wildman–Crippen LogP) is 13.8. The zero-order valence-corrected chi connectivity index (χ0v) is 28.8. The van der Waals surface area contributed by atoms with Crippen molar-refractivity contribution >= 4 is 60.4 Å². The van der Waals surface area contributed by atoms with Gasteiger partial charge in [0.15, 0.2) is 0 Å². The summed E-state index contributed by atoms with van der Waals surface area (Å²) >= 11 is 0. The van der Waals surface area contributed by atoms with Crippen LogP contribution in [-0.2, 0) is 5.41 Å². The summed E-state index contributed by atoms with van der Waals surface area (Å²) in [5.74, 6) is 0. The Balaban J connectivity index is 1.11. The van der Waals surface area contributed by atoms with Gasteiger partial charge in [-0.15, -0.1) is 0 Å². The van der Waals surface area contributed by atoms with Gasteiger partial charge < -0.3 is 9.47 Å². The Hall–Kier alpha value is -6.12. The highest BCUT2D eigenvalue weighted by atomic mass is 15.1. The van der Waals surface area contributed by atoms with E-state index in [9.17, 15) is 0 Å². The van der Waals surface area contributed by atoms with Crippen molar-refractivity contribution in [3.05, 3.63) is 169 Å². The summed E-state index contributed by atoms with van der Waals surface area (Å²) in [5, 5.41) is 4.26. The molecule has 0 bridgehead atoms. The Morgan fingerprint density at radius 2 is 1.10 bits per heavy atom. The number of hydrogen-bond donors (Lipinski definition) is 0. The van der Waals surface area contributed by atoms with Crippen molar-refractivity contribution in [3.63, 3.8) is 0 Å². The Labute approximate surface area is 310 Å². The number of para-hydroxylation sites is 3. The number of aryl methyl sites for hydroxylation is 1. The van der Waals surface area contributed by atoms with Crippen LogP contribution in [0.2, 0.25) is 0 Å². The lowest BCUT2D eigenvalue weighted by Gasteiger charge is -2.30. The normalized spacial score (nSPS) is 14.5. The lowest BCUT2D eigenvalue weighted by Crippen LogP contribution is -2.15. The van der Waals surface area contributed by atoms with Gasteiger partial charge >= 0.3 is 0 Å². The zero-order chi connectivity index (χ0) is 41.4. The van der Waals surface area contributed by atoms with Gasteiger partial charge in [0, 0.05) is 33.5 Å². The monoisotopic (exact) mass is 662 g/mol. The van der Waals surface area contributed by atoms with Crippen LogP contribution in [0.5, 0.6) is 0 Å². The fourth-order valence-electron chi connectivity index (χ4n) is 7.68. The number of fused-ring (bicyclic) bond motifs is 9. The van der Waals surface area contributed by atoms with Crippen LogP contribution >= 0.6 is 0 Å². The summed E-state index contributed by atoms with van der Waals surface area (Å²) in [6, 6.07) is 35.4. The largest absolute Gasteiger partial charge is 0.310 e. The SMILES string of the molecule is [2H]c1c([2H])c([2H])c2c(c1[2H])c1c([2H])c([2H])c([2H])c([2H])c1n2-c1ccc2cc3c(cc2c1)-c1cc2ccc(N(c4ccccc4)c4cc(C(C)(C)C)ccc4C)cc2cc1-3. The van der Waals surface area contributed by atoms with Gasteiger partial charge in [0.05, 0.1) is 22.0 Å². The van der Waals surface area contributed by atoms with E-state index in [4.69, 9.17) is 11.0 Å². The van der Waals surface area contributed by atoms with E-state index < -0.39 is 24.2 Å². The number of hydrogen-bond acceptors (Lipinski definition) is 1. The lowest BCUT2D eigenvalue weighted by atomic mass is 9.78. The second-order valence-corrected chi connectivity index (χ2v) is 14.6. The van der Waals surface area contributed by atoms with Gasteiger partial charge in [-0.3, -0.25) is 0 Å². The van der Waals surface area contributed by atoms with Crippen molar-refractivity contribution in [1.82, 2.24) is 4.57 Å². The third-order valence-corrected chi connectivity index (χ3v) is 10.4. The molecular formula is C49H38N2. The summed E-state index contributed by atoms with van der Waals surface area (Å²) < 4.78 is 70.7. The van der Waals surface area contributed by atoms with Crippen molar-refractivity contribution in [1.29, 1.82) is 0 Å². The Morgan fingerprint density at radius 3 is 1.73 bits per heavy atom. The van der Waals surface area contributed by atoms with Crippen LogP contribution in [-0.4, -0.2) is 4.57 Å². The Kier molecular flexibility index (Phi) is 4.84. The molecule has 0 atom stereocenters. The van der Waals surface area contributed by atoms with E-state index in [1.807, 2.05) is 24.3 Å². The molecule has 0 amide bonds. The molecule has 0 spiro atoms. The van der Waals surface area contributed by atoms with E-state index in [1.165, 1.54) is 16.7 Å². The zero-order valence-electron chi connectivity index (χ0n) is 36.8. The van der Waals surface area contributed by atoms with E-state index >= 15 is 0 Å². The summed E-state index contributed by atoms with van der Waals surface area (Å²) in [5.41, 5.74) is 11.1. The number of nitrogens with zero attached hydrogens (tertiary/aromatic N) is 2. The highest BCUT2D eigenvalue weighted by Gasteiger charge is 2.25. The number of benzene rings is 8. The molecule has 0 aliphatic heterocycles. The molecule has 10 rings (SSSR count). The third kappa shape index (κ3) is 4.63. The number of aromatic nitrogens is 1. The maximum Gasteiger partial charge on any atom is 0.0645 e. The van der Waals surface area contributed by atoms with E-state index in [2.05, 4.69) is 118 Å². The molecule has 0 unspecified atom stereocenters. The molecule has 8 aromatic carbocycles. The minimum absolute atomic E-state index is 0.00536. The summed E-state index contributed by atoms with van der Waals surface area (Å²) in [4.78, 5) is 2.34. The average molecular weight is 663 g/mol. The molecule has 244 valence electrons. The molecular weight excluding hydrogens is 617 g/mol. The standard InChI is InChI=1S/C49H38N2/c1-31-18-21-36(49(2,3)4)30-48(31)50(37-12-6-5-7-13-37)38-22-19-32-26-42-44(28-34(32)24-38)43-27-33-20-23-39(25-35(33)29-45(42)43)51-46-16-10-8-14-40(46)41-15-9-11-17-47(41)51/h5-30H,1-4H3/i8D,9D,10D,11D,14D,15D,16D,17D. The highest BCUT2D eigenvalue weighted by molar-refractivity contribution is 6.13. The van der Waals surface area contributed by atoms with Crippen LogP contribution in [0, 0.1) is 6.92 Å². The van der Waals surface area contributed by atoms with Crippen molar-refractivity contribution in [2.45, 2.75) is 33.1 Å². The van der Waals surface area contributed by atoms with Crippen LogP contribution in [0.4, 0.5) is 17.1 Å². The van der Waals surface area contributed by atoms with Crippen molar-refractivity contribution < 1.29 is 11.0 Å². The molecule has 0 radical (unpaired) electrons. The van der Waals surface area contributed by atoms with Gasteiger partial charge in [-0.2, -0.15) is 0 Å². The predicted molar refractivity (Wildman–Crippen MR) is 218 cm³/mol. The topological polar surface area (TPSA) is 8.17 Å². The van der Waals surface area contributed by atoms with Crippen LogP contribution in [0.15, 0.2) is 158 Å². The minimum Gasteiger partial charge on any atom is -0.310 e. The third-order valence-electron chi connectivity index (χ3n) is 10.4. The van der Waals surface area contributed by atoms with Gasteiger partial charge in [-0.1, -0.05) is 99.5 Å². The molecule has 1 heterocycles. The summed E-state index contributed by atoms with van der Waals surface area (Å²) in [6.07, 6.45) is 0. The maximum absolute atomic E-state index is 8.91. The summed E-state index contributed by atoms with van der Waals surface area (Å²) in [7, 11) is 0. The van der Waals surface area contributed by atoms with Gasteiger partial charge in [0.2, 0.25) is 0 Å². The van der Waals surface area contributed by atoms with Crippen molar-refractivity contribution in [2.24, 2.45) is 0 Å². The molecule has 0 saturated heterocycles. The molecule has 0 fully saturated rings. The lowest BCUT2D eigenvalue weighted by molar-refractivity contribution is 0.590. The summed E-state index contributed by atoms with van der Waals surface area (Å²) in [6.45, 7) is 8.89. The molecule has 1 aromatic heterocycles. The van der Waals surface area contributed by atoms with E-state index in [1.54, 1.807) is 4.57 Å². The molecule has 0 saturated carbocycles. The molecule has 51 heavy (non-hydrogen) atoms.